The third kappa shape index (κ3) is 8.64. The van der Waals surface area contributed by atoms with Crippen molar-refractivity contribution in [3.8, 4) is 0 Å². The van der Waals surface area contributed by atoms with Crippen molar-refractivity contribution >= 4 is 11.9 Å². The molecule has 0 aromatic rings. The van der Waals surface area contributed by atoms with Crippen LogP contribution in [0.5, 0.6) is 0 Å². The molecule has 0 bridgehead atoms. The van der Waals surface area contributed by atoms with Gasteiger partial charge in [-0.1, -0.05) is 56.9 Å². The lowest BCUT2D eigenvalue weighted by Crippen LogP contribution is -2.28. The van der Waals surface area contributed by atoms with Crippen LogP contribution < -0.4 is 0 Å². The van der Waals surface area contributed by atoms with Gasteiger partial charge in [0.2, 0.25) is 0 Å². The van der Waals surface area contributed by atoms with Gasteiger partial charge in [-0.2, -0.15) is 0 Å². The first-order chi connectivity index (χ1) is 15.0. The van der Waals surface area contributed by atoms with Gasteiger partial charge in [-0.15, -0.1) is 0 Å². The molecule has 0 aromatic carbocycles. The molecule has 0 amide bonds. The van der Waals surface area contributed by atoms with Crippen LogP contribution in [0.1, 0.15) is 73.6 Å². The van der Waals surface area contributed by atoms with Crippen LogP contribution in [0.25, 0.3) is 0 Å². The van der Waals surface area contributed by atoms with Crippen LogP contribution >= 0.6 is 0 Å². The Morgan fingerprint density at radius 3 is 1.81 bits per heavy atom. The van der Waals surface area contributed by atoms with Gasteiger partial charge in [-0.05, 0) is 82.8 Å². The van der Waals surface area contributed by atoms with Gasteiger partial charge in [0.05, 0.1) is 5.92 Å². The Labute approximate surface area is 195 Å². The lowest BCUT2D eigenvalue weighted by atomic mass is 9.84. The Morgan fingerprint density at radius 1 is 1.00 bits per heavy atom. The summed E-state index contributed by atoms with van der Waals surface area (Å²) in [5.41, 5.74) is 4.64. The van der Waals surface area contributed by atoms with Crippen LogP contribution in [0.2, 0.25) is 0 Å². The van der Waals surface area contributed by atoms with Crippen molar-refractivity contribution in [3.63, 3.8) is 0 Å². The van der Waals surface area contributed by atoms with Gasteiger partial charge in [0.15, 0.2) is 0 Å². The fourth-order valence-corrected chi connectivity index (χ4v) is 3.70. The molecular formula is C28H42O4. The summed E-state index contributed by atoms with van der Waals surface area (Å²) in [5.74, 6) is 0.445. The van der Waals surface area contributed by atoms with Crippen LogP contribution in [-0.4, -0.2) is 24.1 Å². The van der Waals surface area contributed by atoms with Gasteiger partial charge < -0.3 is 9.47 Å². The molecule has 0 saturated heterocycles. The van der Waals surface area contributed by atoms with E-state index < -0.39 is 0 Å². The summed E-state index contributed by atoms with van der Waals surface area (Å²) in [6.07, 6.45) is 9.95. The van der Waals surface area contributed by atoms with Crippen molar-refractivity contribution in [1.29, 1.82) is 0 Å². The van der Waals surface area contributed by atoms with Gasteiger partial charge in [-0.3, -0.25) is 4.79 Å². The lowest BCUT2D eigenvalue weighted by molar-refractivity contribution is -0.152. The standard InChI is InChI=1S/C15H24O2.C13H18O2/c1-6-11(4)15(16)17-14-9-13(10(2)3)8-7-12(14)5;1-5-13(14)15-12-8-11(9(2)3)7-6-10(12)4/h7,11,13-14H,2,6,8-9H2,1,3-5H3;5-6,11-12H,1-2,7-8H2,3-4H3/t11?,13-,14+;11-,12+/m00/s1. The lowest BCUT2D eigenvalue weighted by Gasteiger charge is -2.29. The van der Waals surface area contributed by atoms with E-state index in [1.807, 2.05) is 41.5 Å². The molecule has 0 saturated carbocycles. The summed E-state index contributed by atoms with van der Waals surface area (Å²) < 4.78 is 10.9. The third-order valence-electron chi connectivity index (χ3n) is 6.55. The Balaban J connectivity index is 0.000000323. The molecular weight excluding hydrogens is 400 g/mol. The van der Waals surface area contributed by atoms with Crippen LogP contribution in [0.15, 0.2) is 60.3 Å². The number of allylic oxidation sites excluding steroid dienone is 4. The summed E-state index contributed by atoms with van der Waals surface area (Å²) >= 11 is 0. The van der Waals surface area contributed by atoms with Crippen molar-refractivity contribution in [2.75, 3.05) is 0 Å². The fourth-order valence-electron chi connectivity index (χ4n) is 3.70. The number of ether oxygens (including phenoxy) is 2. The van der Waals surface area contributed by atoms with Gasteiger partial charge in [0, 0.05) is 6.08 Å². The maximum Gasteiger partial charge on any atom is 0.330 e. The topological polar surface area (TPSA) is 52.6 Å². The van der Waals surface area contributed by atoms with Gasteiger partial charge in [-0.25, -0.2) is 4.79 Å². The van der Waals surface area contributed by atoms with E-state index >= 15 is 0 Å². The SMILES string of the molecule is C=C(C)[C@H]1CC=C(C)[C@H](OC(=O)C(C)CC)C1.C=CC(=O)O[C@@H]1C[C@@H](C(=C)C)CC=C1C. The number of esters is 2. The van der Waals surface area contributed by atoms with E-state index in [4.69, 9.17) is 9.47 Å². The third-order valence-corrected chi connectivity index (χ3v) is 6.55. The molecule has 2 aliphatic rings. The van der Waals surface area contributed by atoms with Crippen molar-refractivity contribution in [2.24, 2.45) is 17.8 Å². The first kappa shape index (κ1) is 27.7. The molecule has 0 radical (unpaired) electrons. The molecule has 1 unspecified atom stereocenters. The second-order valence-electron chi connectivity index (χ2n) is 9.29. The Kier molecular flexibility index (Phi) is 11.5. The molecule has 0 aliphatic heterocycles. The molecule has 4 heteroatoms. The van der Waals surface area contributed by atoms with Gasteiger partial charge in [0.25, 0.3) is 0 Å². The summed E-state index contributed by atoms with van der Waals surface area (Å²) in [4.78, 5) is 22.9. The highest BCUT2D eigenvalue weighted by Crippen LogP contribution is 2.31. The Morgan fingerprint density at radius 2 is 1.44 bits per heavy atom. The minimum Gasteiger partial charge on any atom is -0.458 e. The van der Waals surface area contributed by atoms with Crippen LogP contribution in [-0.2, 0) is 19.1 Å². The molecule has 4 nitrogen and oxygen atoms in total. The van der Waals surface area contributed by atoms with E-state index in [9.17, 15) is 9.59 Å². The maximum absolute atomic E-state index is 11.8. The zero-order chi connectivity index (χ0) is 24.4. The quantitative estimate of drug-likeness (QED) is 0.245. The van der Waals surface area contributed by atoms with Crippen molar-refractivity contribution in [2.45, 2.75) is 85.9 Å². The predicted octanol–water partition coefficient (Wildman–Crippen LogP) is 6.89. The Hall–Kier alpha value is -2.36. The van der Waals surface area contributed by atoms with Crippen molar-refractivity contribution in [3.05, 3.63) is 60.3 Å². The zero-order valence-electron chi connectivity index (χ0n) is 20.9. The minimum absolute atomic E-state index is 0.00648. The number of carbonyl (C=O) groups is 2. The van der Waals surface area contributed by atoms with Crippen LogP contribution in [0.4, 0.5) is 0 Å². The minimum atomic E-state index is -0.352. The fraction of sp³-hybridized carbons (Fsp3) is 0.571. The number of rotatable bonds is 7. The summed E-state index contributed by atoms with van der Waals surface area (Å²) in [6, 6.07) is 0. The van der Waals surface area contributed by atoms with Crippen molar-refractivity contribution in [1.82, 2.24) is 0 Å². The monoisotopic (exact) mass is 442 g/mol. The van der Waals surface area contributed by atoms with E-state index in [0.29, 0.717) is 11.8 Å². The molecule has 2 aliphatic carbocycles. The summed E-state index contributed by atoms with van der Waals surface area (Å²) in [6.45, 7) is 23.4. The van der Waals surface area contributed by atoms with Gasteiger partial charge >= 0.3 is 11.9 Å². The predicted molar refractivity (Wildman–Crippen MR) is 132 cm³/mol. The molecule has 0 fully saturated rings. The first-order valence-electron chi connectivity index (χ1n) is 11.7. The average Bonchev–Trinajstić information content (AvgIpc) is 2.76. The molecule has 5 atom stereocenters. The van der Waals surface area contributed by atoms with E-state index in [0.717, 1.165) is 43.3 Å². The molecule has 0 aromatic heterocycles. The van der Waals surface area contributed by atoms with Crippen molar-refractivity contribution < 1.29 is 19.1 Å². The highest BCUT2D eigenvalue weighted by molar-refractivity contribution is 5.81. The zero-order valence-corrected chi connectivity index (χ0v) is 20.9. The first-order valence-corrected chi connectivity index (χ1v) is 11.7. The van der Waals surface area contributed by atoms with E-state index in [2.05, 4.69) is 31.9 Å². The smallest absolute Gasteiger partial charge is 0.330 e. The molecule has 32 heavy (non-hydrogen) atoms. The normalized spacial score (nSPS) is 25.7. The number of carbonyl (C=O) groups excluding carboxylic acids is 2. The summed E-state index contributed by atoms with van der Waals surface area (Å²) in [7, 11) is 0. The van der Waals surface area contributed by atoms with E-state index in [1.165, 1.54) is 17.2 Å². The molecule has 0 heterocycles. The van der Waals surface area contributed by atoms with E-state index in [1.54, 1.807) is 0 Å². The molecule has 0 N–H and O–H groups in total. The summed E-state index contributed by atoms with van der Waals surface area (Å²) in [5, 5.41) is 0. The number of hydrogen-bond acceptors (Lipinski definition) is 4. The van der Waals surface area contributed by atoms with Crippen LogP contribution in [0, 0.1) is 17.8 Å². The second-order valence-corrected chi connectivity index (χ2v) is 9.29. The number of hydrogen-bond donors (Lipinski definition) is 0. The highest BCUT2D eigenvalue weighted by atomic mass is 16.5. The second kappa shape index (κ2) is 13.2. The van der Waals surface area contributed by atoms with E-state index in [-0.39, 0.29) is 30.1 Å². The van der Waals surface area contributed by atoms with Crippen LogP contribution in [0.3, 0.4) is 0 Å². The molecule has 0 spiro atoms. The Bertz CT molecular complexity index is 770. The van der Waals surface area contributed by atoms with Gasteiger partial charge in [0.1, 0.15) is 12.2 Å². The average molecular weight is 443 g/mol. The molecule has 178 valence electrons. The largest absolute Gasteiger partial charge is 0.458 e. The molecule has 2 rings (SSSR count). The maximum atomic E-state index is 11.8. The highest BCUT2D eigenvalue weighted by Gasteiger charge is 2.27.